The van der Waals surface area contributed by atoms with E-state index >= 15 is 0 Å². The molecule has 86 valence electrons. The zero-order valence-electron chi connectivity index (χ0n) is 7.71. The number of carbonyl (C=O) groups is 1. The Bertz CT molecular complexity index is 456. The smallest absolute Gasteiger partial charge is 0.475 e. The summed E-state index contributed by atoms with van der Waals surface area (Å²) in [5, 5.41) is 7.12. The van der Waals surface area contributed by atoms with Gasteiger partial charge in [0.2, 0.25) is 5.56 Å². The zero-order chi connectivity index (χ0) is 12.8. The van der Waals surface area contributed by atoms with Gasteiger partial charge in [0.1, 0.15) is 0 Å². The van der Waals surface area contributed by atoms with Crippen LogP contribution in [0.2, 0.25) is 0 Å². The second kappa shape index (κ2) is 5.60. The first-order chi connectivity index (χ1) is 7.27. The van der Waals surface area contributed by atoms with E-state index in [1.54, 1.807) is 12.1 Å². The number of aliphatic carboxylic acids is 1. The highest BCUT2D eigenvalue weighted by molar-refractivity contribution is 5.73. The van der Waals surface area contributed by atoms with Crippen molar-refractivity contribution in [2.75, 3.05) is 0 Å². The number of aromatic amines is 1. The highest BCUT2D eigenvalue weighted by Crippen LogP contribution is 2.13. The molecule has 0 saturated heterocycles. The third kappa shape index (κ3) is 5.49. The van der Waals surface area contributed by atoms with Gasteiger partial charge in [-0.25, -0.2) is 4.79 Å². The van der Waals surface area contributed by atoms with E-state index in [1.807, 2.05) is 0 Å². The van der Waals surface area contributed by atoms with Crippen LogP contribution in [0.5, 0.6) is 0 Å². The van der Waals surface area contributed by atoms with E-state index in [4.69, 9.17) is 16.3 Å². The van der Waals surface area contributed by atoms with Crippen molar-refractivity contribution in [3.63, 3.8) is 0 Å². The summed E-state index contributed by atoms with van der Waals surface area (Å²) in [6.07, 6.45) is -0.0848. The number of halogens is 3. The number of pyridine rings is 1. The second-order valence-corrected chi connectivity index (χ2v) is 2.38. The van der Waals surface area contributed by atoms with E-state index in [2.05, 4.69) is 10.9 Å². The second-order valence-electron chi connectivity index (χ2n) is 2.38. The minimum Gasteiger partial charge on any atom is -0.475 e. The monoisotopic (exact) mass is 233 g/mol. The van der Waals surface area contributed by atoms with Crippen molar-refractivity contribution < 1.29 is 23.1 Å². The molecule has 0 unspecified atom stereocenters. The molecule has 0 aliphatic rings. The molecule has 0 aromatic carbocycles. The van der Waals surface area contributed by atoms with Crippen molar-refractivity contribution in [2.24, 2.45) is 0 Å². The van der Waals surface area contributed by atoms with Gasteiger partial charge in [0, 0.05) is 6.07 Å². The van der Waals surface area contributed by atoms with Crippen molar-refractivity contribution in [1.82, 2.24) is 4.98 Å². The summed E-state index contributed by atoms with van der Waals surface area (Å²) in [5.41, 5.74) is 0.355. The van der Waals surface area contributed by atoms with Crippen LogP contribution in [0.4, 0.5) is 13.2 Å². The number of hydrogen-bond donors (Lipinski definition) is 2. The maximum absolute atomic E-state index is 10.6. The van der Waals surface area contributed by atoms with Gasteiger partial charge in [0.15, 0.2) is 0 Å². The first kappa shape index (κ1) is 13.8. The lowest BCUT2D eigenvalue weighted by Crippen LogP contribution is -2.21. The van der Waals surface area contributed by atoms with Crippen LogP contribution in [-0.2, 0) is 4.79 Å². The summed E-state index contributed by atoms with van der Waals surface area (Å²) in [7, 11) is 0. The van der Waals surface area contributed by atoms with E-state index in [9.17, 15) is 18.0 Å². The highest BCUT2D eigenvalue weighted by atomic mass is 19.4. The summed E-state index contributed by atoms with van der Waals surface area (Å²) < 4.78 is 31.7. The fourth-order valence-electron chi connectivity index (χ4n) is 0.532. The normalized spacial score (nSPS) is 9.62. The van der Waals surface area contributed by atoms with Crippen molar-refractivity contribution >= 4 is 5.97 Å². The first-order valence-electron chi connectivity index (χ1n) is 3.73. The summed E-state index contributed by atoms with van der Waals surface area (Å²) in [4.78, 5) is 21.9. The van der Waals surface area contributed by atoms with Gasteiger partial charge >= 0.3 is 12.1 Å². The molecule has 0 saturated carbocycles. The Labute approximate surface area is 87.7 Å². The number of aromatic nitrogens is 1. The molecule has 0 atom stereocenters. The standard InChI is InChI=1S/C7H5NO.C2HF3O2/c1-2-6-4-3-5-7(9)8-6;3-2(4,5)1(6)7/h1,3-5H,(H,8,9);(H,6,7). The summed E-state index contributed by atoms with van der Waals surface area (Å²) in [5.74, 6) is -0.445. The number of hydrogen-bond acceptors (Lipinski definition) is 2. The van der Waals surface area contributed by atoms with Crippen LogP contribution in [-0.4, -0.2) is 22.2 Å². The number of carboxylic acids is 1. The topological polar surface area (TPSA) is 70.2 Å². The third-order valence-electron chi connectivity index (χ3n) is 1.17. The van der Waals surface area contributed by atoms with Crippen molar-refractivity contribution in [1.29, 1.82) is 0 Å². The molecular formula is C9H6F3NO3. The van der Waals surface area contributed by atoms with E-state index in [-0.39, 0.29) is 5.56 Å². The highest BCUT2D eigenvalue weighted by Gasteiger charge is 2.38. The molecule has 1 heterocycles. The molecule has 0 bridgehead atoms. The molecule has 0 spiro atoms. The van der Waals surface area contributed by atoms with Crippen LogP contribution in [0.1, 0.15) is 5.69 Å². The fraction of sp³-hybridized carbons (Fsp3) is 0.111. The number of H-pyrrole nitrogens is 1. The van der Waals surface area contributed by atoms with E-state index in [0.717, 1.165) is 0 Å². The number of terminal acetylenes is 1. The van der Waals surface area contributed by atoms with Crippen LogP contribution in [0.25, 0.3) is 0 Å². The molecule has 1 rings (SSSR count). The maximum atomic E-state index is 10.6. The fourth-order valence-corrected chi connectivity index (χ4v) is 0.532. The van der Waals surface area contributed by atoms with Gasteiger partial charge in [-0.3, -0.25) is 4.79 Å². The van der Waals surface area contributed by atoms with E-state index in [1.165, 1.54) is 6.07 Å². The molecule has 7 heteroatoms. The van der Waals surface area contributed by atoms with Crippen LogP contribution in [0.3, 0.4) is 0 Å². The number of carboxylic acid groups (broad SMARTS) is 1. The Morgan fingerprint density at radius 3 is 2.19 bits per heavy atom. The van der Waals surface area contributed by atoms with Crippen molar-refractivity contribution in [3.8, 4) is 12.3 Å². The van der Waals surface area contributed by atoms with Crippen molar-refractivity contribution in [2.45, 2.75) is 6.18 Å². The van der Waals surface area contributed by atoms with Gasteiger partial charge in [-0.15, -0.1) is 6.42 Å². The molecule has 16 heavy (non-hydrogen) atoms. The lowest BCUT2D eigenvalue weighted by atomic mass is 10.4. The van der Waals surface area contributed by atoms with Gasteiger partial charge in [-0.05, 0) is 6.07 Å². The molecule has 0 fully saturated rings. The SMILES string of the molecule is C#Cc1cccc(=O)[nH]1.O=C(O)C(F)(F)F. The van der Waals surface area contributed by atoms with Crippen LogP contribution >= 0.6 is 0 Å². The Balaban J connectivity index is 0.000000293. The minimum absolute atomic E-state index is 0.162. The lowest BCUT2D eigenvalue weighted by molar-refractivity contribution is -0.192. The van der Waals surface area contributed by atoms with Gasteiger partial charge < -0.3 is 10.1 Å². The molecule has 1 aromatic heterocycles. The van der Waals surface area contributed by atoms with Gasteiger partial charge in [-0.2, -0.15) is 13.2 Å². The van der Waals surface area contributed by atoms with Gasteiger partial charge in [0.25, 0.3) is 0 Å². The van der Waals surface area contributed by atoms with Gasteiger partial charge in [-0.1, -0.05) is 12.0 Å². The average Bonchev–Trinajstić information content (AvgIpc) is 2.17. The average molecular weight is 233 g/mol. The Morgan fingerprint density at radius 2 is 1.94 bits per heavy atom. The molecule has 0 radical (unpaired) electrons. The van der Waals surface area contributed by atoms with E-state index < -0.39 is 12.1 Å². The largest absolute Gasteiger partial charge is 0.490 e. The van der Waals surface area contributed by atoms with Crippen molar-refractivity contribution in [3.05, 3.63) is 34.2 Å². The molecule has 0 aliphatic heterocycles. The maximum Gasteiger partial charge on any atom is 0.490 e. The summed E-state index contributed by atoms with van der Waals surface area (Å²) >= 11 is 0. The molecule has 1 aromatic rings. The predicted molar refractivity (Wildman–Crippen MR) is 48.7 cm³/mol. The molecule has 2 N–H and O–H groups in total. The van der Waals surface area contributed by atoms with Gasteiger partial charge in [0.05, 0.1) is 5.69 Å². The van der Waals surface area contributed by atoms with Crippen LogP contribution in [0, 0.1) is 12.3 Å². The first-order valence-corrected chi connectivity index (χ1v) is 3.73. The van der Waals surface area contributed by atoms with E-state index in [0.29, 0.717) is 5.69 Å². The predicted octanol–water partition coefficient (Wildman–Crippen LogP) is 0.990. The summed E-state index contributed by atoms with van der Waals surface area (Å²) in [6, 6.07) is 4.70. The molecular weight excluding hydrogens is 227 g/mol. The quantitative estimate of drug-likeness (QED) is 0.656. The Hall–Kier alpha value is -2.23. The Morgan fingerprint density at radius 1 is 1.44 bits per heavy atom. The molecule has 0 amide bonds. The molecule has 4 nitrogen and oxygen atoms in total. The summed E-state index contributed by atoms with van der Waals surface area (Å²) in [6.45, 7) is 0. The number of nitrogens with one attached hydrogen (secondary N) is 1. The zero-order valence-corrected chi connectivity index (χ0v) is 7.71. The molecule has 0 aliphatic carbocycles. The number of rotatable bonds is 0. The van der Waals surface area contributed by atoms with Crippen LogP contribution in [0.15, 0.2) is 23.0 Å². The third-order valence-corrected chi connectivity index (χ3v) is 1.17. The van der Waals surface area contributed by atoms with Crippen LogP contribution < -0.4 is 5.56 Å². The number of alkyl halides is 3. The minimum atomic E-state index is -5.08. The lowest BCUT2D eigenvalue weighted by Gasteiger charge is -1.93. The Kier molecular flexibility index (Phi) is 4.82.